The number of anilines is 3. The van der Waals surface area contributed by atoms with Gasteiger partial charge in [-0.05, 0) is 71.4 Å². The minimum Gasteiger partial charge on any atom is -0.507 e. The Bertz CT molecular complexity index is 2240. The molecule has 0 unspecified atom stereocenters. The fourth-order valence-electron chi connectivity index (χ4n) is 6.95. The molecule has 0 spiro atoms. The van der Waals surface area contributed by atoms with Gasteiger partial charge < -0.3 is 10.0 Å². The van der Waals surface area contributed by atoms with Crippen LogP contribution in [0.25, 0.3) is 22.5 Å². The van der Waals surface area contributed by atoms with Gasteiger partial charge in [0, 0.05) is 44.2 Å². The van der Waals surface area contributed by atoms with Crippen molar-refractivity contribution in [2.24, 2.45) is 0 Å². The Morgan fingerprint density at radius 2 is 1.08 bits per heavy atom. The number of rotatable bonds is 9. The predicted octanol–water partition coefficient (Wildman–Crippen LogP) is 11.2. The van der Waals surface area contributed by atoms with E-state index in [1.807, 2.05) is 97.2 Å². The summed E-state index contributed by atoms with van der Waals surface area (Å²) in [6.45, 7) is 0. The topological polar surface area (TPSA) is 49.3 Å². The van der Waals surface area contributed by atoms with E-state index in [0.717, 1.165) is 50.7 Å². The zero-order valence-corrected chi connectivity index (χ0v) is 30.4. The van der Waals surface area contributed by atoms with Gasteiger partial charge >= 0.3 is 0 Å². The summed E-state index contributed by atoms with van der Waals surface area (Å²) in [4.78, 5) is 12.5. The molecule has 8 rings (SSSR count). The van der Waals surface area contributed by atoms with Crippen LogP contribution in [0.3, 0.4) is 0 Å². The first-order valence-corrected chi connectivity index (χ1v) is 17.0. The van der Waals surface area contributed by atoms with Crippen molar-refractivity contribution in [1.82, 2.24) is 9.97 Å². The van der Waals surface area contributed by atoms with Crippen LogP contribution in [-0.2, 0) is 26.5 Å². The van der Waals surface area contributed by atoms with Crippen molar-refractivity contribution in [3.8, 4) is 28.3 Å². The Morgan fingerprint density at radius 1 is 0.519 bits per heavy atom. The number of hydrogen-bond donors (Lipinski definition) is 1. The van der Waals surface area contributed by atoms with Gasteiger partial charge in [-0.15, -0.1) is 35.4 Å². The number of pyridine rings is 2. The fourth-order valence-corrected chi connectivity index (χ4v) is 6.95. The first-order valence-electron chi connectivity index (χ1n) is 17.0. The van der Waals surface area contributed by atoms with Crippen molar-refractivity contribution in [2.45, 2.75) is 5.41 Å². The molecular formula is C47H34N3OPt-. The number of aromatic nitrogens is 2. The summed E-state index contributed by atoms with van der Waals surface area (Å²) in [5.74, 6) is 0.157. The Balaban J connectivity index is 0.00000420. The molecule has 0 atom stereocenters. The van der Waals surface area contributed by atoms with Gasteiger partial charge in [0.15, 0.2) is 0 Å². The van der Waals surface area contributed by atoms with Crippen LogP contribution in [0.2, 0.25) is 0 Å². The minimum absolute atomic E-state index is 0. The van der Waals surface area contributed by atoms with Crippen LogP contribution in [0.15, 0.2) is 200 Å². The second kappa shape index (κ2) is 15.4. The van der Waals surface area contributed by atoms with Crippen LogP contribution >= 0.6 is 0 Å². The van der Waals surface area contributed by atoms with Crippen LogP contribution in [0.1, 0.15) is 22.4 Å². The van der Waals surface area contributed by atoms with Gasteiger partial charge in [0.1, 0.15) is 5.75 Å². The molecule has 0 amide bonds. The smallest absolute Gasteiger partial charge is 0.125 e. The van der Waals surface area contributed by atoms with Crippen molar-refractivity contribution in [3.63, 3.8) is 0 Å². The molecule has 254 valence electrons. The van der Waals surface area contributed by atoms with E-state index in [-0.39, 0.29) is 26.8 Å². The van der Waals surface area contributed by atoms with Crippen LogP contribution < -0.4 is 4.90 Å². The molecule has 2 aromatic heterocycles. The number of hydrogen-bond acceptors (Lipinski definition) is 4. The molecule has 0 aliphatic carbocycles. The monoisotopic (exact) mass is 851 g/mol. The summed E-state index contributed by atoms with van der Waals surface area (Å²) in [6.07, 6.45) is 1.85. The standard InChI is InChI=1S/C47H34N3O.Pt/c51-44-29-14-13-28-41(44)46-43(50(39-24-9-3-10-25-39)40-26-11-4-12-27-40)32-31-42(49-46)35-18-17-23-38(34-35)47(36-19-5-1-6-20-36,37-21-7-2-8-22-37)45-30-15-16-33-48-45;/h1-33,51H;/q-1;. The third-order valence-corrected chi connectivity index (χ3v) is 9.24. The van der Waals surface area contributed by atoms with Crippen molar-refractivity contribution < 1.29 is 26.2 Å². The molecule has 52 heavy (non-hydrogen) atoms. The zero-order valence-electron chi connectivity index (χ0n) is 28.2. The fraction of sp³-hybridized carbons (Fsp3) is 0.0213. The second-order valence-corrected chi connectivity index (χ2v) is 12.3. The normalized spacial score (nSPS) is 11.0. The van der Waals surface area contributed by atoms with E-state index in [0.29, 0.717) is 11.3 Å². The van der Waals surface area contributed by atoms with Crippen molar-refractivity contribution in [1.29, 1.82) is 0 Å². The average molecular weight is 852 g/mol. The number of benzene rings is 6. The maximum atomic E-state index is 11.2. The van der Waals surface area contributed by atoms with Gasteiger partial charge in [0.25, 0.3) is 0 Å². The van der Waals surface area contributed by atoms with Gasteiger partial charge in [-0.2, -0.15) is 0 Å². The summed E-state index contributed by atoms with van der Waals surface area (Å²) in [5, 5.41) is 11.2. The van der Waals surface area contributed by atoms with Crippen LogP contribution in [0.5, 0.6) is 5.75 Å². The molecule has 0 aliphatic rings. The van der Waals surface area contributed by atoms with Gasteiger partial charge in [0.05, 0.1) is 22.5 Å². The second-order valence-electron chi connectivity index (χ2n) is 12.3. The van der Waals surface area contributed by atoms with E-state index in [9.17, 15) is 5.11 Å². The zero-order chi connectivity index (χ0) is 34.5. The quantitative estimate of drug-likeness (QED) is 0.116. The van der Waals surface area contributed by atoms with E-state index in [1.165, 1.54) is 0 Å². The predicted molar refractivity (Wildman–Crippen MR) is 206 cm³/mol. The van der Waals surface area contributed by atoms with Gasteiger partial charge in [-0.25, -0.2) is 0 Å². The SMILES string of the molecule is Oc1ccccc1-c1nc(-c2[c-]c(C(c3ccccc3)(c3ccccc3)c3ccccn3)ccc2)ccc1N(c1ccccc1)c1ccccc1.[Pt]. The first-order chi connectivity index (χ1) is 25.2. The average Bonchev–Trinajstić information content (AvgIpc) is 3.21. The number of nitrogens with zero attached hydrogens (tertiary/aromatic N) is 3. The van der Waals surface area contributed by atoms with Crippen LogP contribution in [-0.4, -0.2) is 15.1 Å². The van der Waals surface area contributed by atoms with Crippen LogP contribution in [0, 0.1) is 6.07 Å². The van der Waals surface area contributed by atoms with Crippen LogP contribution in [0.4, 0.5) is 17.1 Å². The molecule has 0 saturated heterocycles. The minimum atomic E-state index is -0.752. The number of para-hydroxylation sites is 3. The summed E-state index contributed by atoms with van der Waals surface area (Å²) >= 11 is 0. The van der Waals surface area contributed by atoms with Gasteiger partial charge in [-0.1, -0.05) is 121 Å². The molecule has 5 heteroatoms. The number of phenols is 1. The Morgan fingerprint density at radius 3 is 1.65 bits per heavy atom. The summed E-state index contributed by atoms with van der Waals surface area (Å²) in [5.41, 5.74) is 8.91. The maximum absolute atomic E-state index is 11.2. The Labute approximate surface area is 319 Å². The molecule has 4 nitrogen and oxygen atoms in total. The molecule has 0 aliphatic heterocycles. The Kier molecular flexibility index (Phi) is 10.2. The number of phenolic OH excluding ortho intramolecular Hbond substituents is 1. The molecule has 6 aromatic carbocycles. The van der Waals surface area contributed by atoms with E-state index in [4.69, 9.17) is 9.97 Å². The molecule has 0 saturated carbocycles. The summed E-state index contributed by atoms with van der Waals surface area (Å²) in [6, 6.07) is 69.1. The van der Waals surface area contributed by atoms with E-state index >= 15 is 0 Å². The maximum Gasteiger partial charge on any atom is 0.125 e. The van der Waals surface area contributed by atoms with Gasteiger partial charge in [0.2, 0.25) is 0 Å². The molecule has 0 bridgehead atoms. The molecule has 2 heterocycles. The molecule has 0 fully saturated rings. The third-order valence-electron chi connectivity index (χ3n) is 9.24. The molecule has 0 radical (unpaired) electrons. The molecule has 1 N–H and O–H groups in total. The summed E-state index contributed by atoms with van der Waals surface area (Å²) in [7, 11) is 0. The van der Waals surface area contributed by atoms with E-state index in [2.05, 4.69) is 108 Å². The molecular weight excluding hydrogens is 818 g/mol. The largest absolute Gasteiger partial charge is 0.507 e. The third kappa shape index (κ3) is 6.46. The first kappa shape index (κ1) is 34.4. The van der Waals surface area contributed by atoms with E-state index in [1.54, 1.807) is 6.07 Å². The number of aromatic hydroxyl groups is 1. The van der Waals surface area contributed by atoms with Crippen molar-refractivity contribution in [3.05, 3.63) is 229 Å². The van der Waals surface area contributed by atoms with Crippen molar-refractivity contribution >= 4 is 17.1 Å². The molecule has 8 aromatic rings. The Hall–Kier alpha value is -6.09. The summed E-state index contributed by atoms with van der Waals surface area (Å²) < 4.78 is 0. The van der Waals surface area contributed by atoms with E-state index < -0.39 is 5.41 Å². The van der Waals surface area contributed by atoms with Crippen molar-refractivity contribution in [2.75, 3.05) is 4.90 Å². The van der Waals surface area contributed by atoms with Gasteiger partial charge in [-0.3, -0.25) is 9.97 Å².